The minimum atomic E-state index is -3.40. The Hall–Kier alpha value is -1.33. The third-order valence-corrected chi connectivity index (χ3v) is 10.8. The zero-order valence-corrected chi connectivity index (χ0v) is 18.6. The molecule has 0 radical (unpaired) electrons. The minimum absolute atomic E-state index is 0.437. The molecule has 0 saturated carbocycles. The normalized spacial score (nSPS) is 12.3. The van der Waals surface area contributed by atoms with Crippen molar-refractivity contribution in [1.29, 1.82) is 0 Å². The molecule has 0 amide bonds. The van der Waals surface area contributed by atoms with E-state index in [0.29, 0.717) is 26.4 Å². The summed E-state index contributed by atoms with van der Waals surface area (Å²) in [5, 5.41) is 1.99. The summed E-state index contributed by atoms with van der Waals surface area (Å²) in [6.45, 7) is 9.53. The lowest BCUT2D eigenvalue weighted by Gasteiger charge is -2.38. The van der Waals surface area contributed by atoms with Gasteiger partial charge in [-0.05, 0) is 38.1 Å². The van der Waals surface area contributed by atoms with Gasteiger partial charge in [0.1, 0.15) is 0 Å². The van der Waals surface area contributed by atoms with Gasteiger partial charge in [-0.15, -0.1) is 0 Å². The molecule has 2 rings (SSSR count). The molecule has 0 aromatic heterocycles. The van der Waals surface area contributed by atoms with Gasteiger partial charge in [-0.2, -0.15) is 0 Å². The molecule has 0 aliphatic rings. The summed E-state index contributed by atoms with van der Waals surface area (Å²) < 4.78 is 31.1. The molecule has 0 atom stereocenters. The zero-order chi connectivity index (χ0) is 19.6. The molecule has 0 heterocycles. The highest BCUT2D eigenvalue weighted by atomic mass is 28.5. The maximum absolute atomic E-state index is 6.75. The summed E-state index contributed by atoms with van der Waals surface area (Å²) in [6, 6.07) is 20.1. The molecule has 0 N–H and O–H groups in total. The second-order valence-corrected chi connectivity index (χ2v) is 11.0. The standard InChI is InChI=1S/C20H30O5Si2/c1-5-21-26(19-15-11-9-12-16-19,20-17-13-10-14-18-20)25-27(22-6-2,23-7-3)24-8-4/h9-18H,5-8H2,1-4H3. The predicted molar refractivity (Wildman–Crippen MR) is 111 cm³/mol. The van der Waals surface area contributed by atoms with Gasteiger partial charge in [0.2, 0.25) is 0 Å². The van der Waals surface area contributed by atoms with Crippen LogP contribution < -0.4 is 10.4 Å². The summed E-state index contributed by atoms with van der Waals surface area (Å²) in [5.41, 5.74) is 0. The molecule has 0 spiro atoms. The van der Waals surface area contributed by atoms with E-state index in [-0.39, 0.29) is 0 Å². The lowest BCUT2D eigenvalue weighted by Crippen LogP contribution is -2.70. The first-order valence-corrected chi connectivity index (χ1v) is 13.0. The van der Waals surface area contributed by atoms with Crippen LogP contribution in [0.15, 0.2) is 60.7 Å². The Balaban J connectivity index is 2.62. The van der Waals surface area contributed by atoms with Gasteiger partial charge in [0.05, 0.1) is 0 Å². The average molecular weight is 407 g/mol. The van der Waals surface area contributed by atoms with Crippen LogP contribution in [0.1, 0.15) is 27.7 Å². The maximum Gasteiger partial charge on any atom is 0.671 e. The molecule has 2 aromatic carbocycles. The molecule has 7 heteroatoms. The maximum atomic E-state index is 6.75. The van der Waals surface area contributed by atoms with Gasteiger partial charge in [-0.25, -0.2) is 0 Å². The highest BCUT2D eigenvalue weighted by Gasteiger charge is 2.56. The second-order valence-electron chi connectivity index (χ2n) is 5.68. The molecule has 0 aliphatic heterocycles. The Labute approximate surface area is 164 Å². The largest absolute Gasteiger partial charge is 0.671 e. The van der Waals surface area contributed by atoms with Crippen LogP contribution in [-0.2, 0) is 21.8 Å². The van der Waals surface area contributed by atoms with E-state index in [1.807, 2.05) is 88.4 Å². The smallest absolute Gasteiger partial charge is 0.388 e. The number of benzene rings is 2. The van der Waals surface area contributed by atoms with Crippen LogP contribution in [0.5, 0.6) is 0 Å². The molecule has 0 bridgehead atoms. The highest BCUT2D eigenvalue weighted by Crippen LogP contribution is 2.21. The van der Waals surface area contributed by atoms with Crippen LogP contribution in [0.4, 0.5) is 0 Å². The number of hydrogen-bond acceptors (Lipinski definition) is 5. The molecule has 5 nitrogen and oxygen atoms in total. The Bertz CT molecular complexity index is 597. The molecular weight excluding hydrogens is 376 g/mol. The van der Waals surface area contributed by atoms with Crippen LogP contribution >= 0.6 is 0 Å². The van der Waals surface area contributed by atoms with E-state index < -0.39 is 17.6 Å². The summed E-state index contributed by atoms with van der Waals surface area (Å²) >= 11 is 0. The molecule has 0 fully saturated rings. The van der Waals surface area contributed by atoms with Crippen molar-refractivity contribution in [2.45, 2.75) is 27.7 Å². The van der Waals surface area contributed by atoms with E-state index in [9.17, 15) is 0 Å². The fourth-order valence-corrected chi connectivity index (χ4v) is 9.86. The van der Waals surface area contributed by atoms with Crippen LogP contribution in [0, 0.1) is 0 Å². The van der Waals surface area contributed by atoms with Gasteiger partial charge >= 0.3 is 17.6 Å². The van der Waals surface area contributed by atoms with E-state index in [0.717, 1.165) is 10.4 Å². The predicted octanol–water partition coefficient (Wildman–Crippen LogP) is 2.84. The van der Waals surface area contributed by atoms with Gasteiger partial charge in [0, 0.05) is 26.4 Å². The van der Waals surface area contributed by atoms with Crippen molar-refractivity contribution in [3.05, 3.63) is 60.7 Å². The van der Waals surface area contributed by atoms with Gasteiger partial charge in [-0.3, -0.25) is 0 Å². The van der Waals surface area contributed by atoms with E-state index in [2.05, 4.69) is 0 Å². The monoisotopic (exact) mass is 406 g/mol. The SMILES string of the molecule is CCO[Si](OCC)(OCC)O[Si](OCC)(c1ccccc1)c1ccccc1. The van der Waals surface area contributed by atoms with Crippen LogP contribution in [0.2, 0.25) is 0 Å². The van der Waals surface area contributed by atoms with Crippen molar-refractivity contribution < 1.29 is 21.8 Å². The average Bonchev–Trinajstić information content (AvgIpc) is 2.69. The van der Waals surface area contributed by atoms with Crippen molar-refractivity contribution in [1.82, 2.24) is 0 Å². The summed E-state index contributed by atoms with van der Waals surface area (Å²) in [5.74, 6) is 0. The molecular formula is C20H30O5Si2. The Morgan fingerprint density at radius 3 is 1.26 bits per heavy atom. The van der Waals surface area contributed by atoms with E-state index >= 15 is 0 Å². The third kappa shape index (κ3) is 5.35. The van der Waals surface area contributed by atoms with Crippen LogP contribution in [-0.4, -0.2) is 44.0 Å². The Kier molecular flexibility index (Phi) is 8.84. The fourth-order valence-electron chi connectivity index (χ4n) is 2.92. The first kappa shape index (κ1) is 22.0. The lowest BCUT2D eigenvalue weighted by atomic mass is 10.4. The van der Waals surface area contributed by atoms with Gasteiger partial charge in [-0.1, -0.05) is 60.7 Å². The zero-order valence-electron chi connectivity index (χ0n) is 16.6. The fraction of sp³-hybridized carbons (Fsp3) is 0.400. The topological polar surface area (TPSA) is 46.2 Å². The summed E-state index contributed by atoms with van der Waals surface area (Å²) in [7, 11) is -6.51. The van der Waals surface area contributed by atoms with Crippen molar-refractivity contribution in [2.24, 2.45) is 0 Å². The first-order valence-electron chi connectivity index (χ1n) is 9.53. The van der Waals surface area contributed by atoms with Crippen molar-refractivity contribution in [3.8, 4) is 0 Å². The van der Waals surface area contributed by atoms with Crippen LogP contribution in [0.25, 0.3) is 0 Å². The number of rotatable bonds is 12. The summed E-state index contributed by atoms with van der Waals surface area (Å²) in [4.78, 5) is 0. The number of hydrogen-bond donors (Lipinski definition) is 0. The van der Waals surface area contributed by atoms with Gasteiger partial charge in [0.15, 0.2) is 0 Å². The molecule has 148 valence electrons. The summed E-state index contributed by atoms with van der Waals surface area (Å²) in [6.07, 6.45) is 0. The Morgan fingerprint density at radius 1 is 0.556 bits per heavy atom. The molecule has 0 aliphatic carbocycles. The quantitative estimate of drug-likeness (QED) is 0.507. The van der Waals surface area contributed by atoms with E-state index in [1.54, 1.807) is 0 Å². The second kappa shape index (κ2) is 10.9. The van der Waals surface area contributed by atoms with Crippen molar-refractivity contribution in [2.75, 3.05) is 26.4 Å². The molecule has 27 heavy (non-hydrogen) atoms. The van der Waals surface area contributed by atoms with E-state index in [1.165, 1.54) is 0 Å². The van der Waals surface area contributed by atoms with Crippen molar-refractivity contribution in [3.63, 3.8) is 0 Å². The van der Waals surface area contributed by atoms with E-state index in [4.69, 9.17) is 21.8 Å². The van der Waals surface area contributed by atoms with Crippen molar-refractivity contribution >= 4 is 28.0 Å². The third-order valence-electron chi connectivity index (χ3n) is 3.89. The van der Waals surface area contributed by atoms with Gasteiger partial charge in [0.25, 0.3) is 0 Å². The first-order chi connectivity index (χ1) is 13.2. The molecule has 0 saturated heterocycles. The van der Waals surface area contributed by atoms with Gasteiger partial charge < -0.3 is 21.8 Å². The minimum Gasteiger partial charge on any atom is -0.388 e. The highest BCUT2D eigenvalue weighted by molar-refractivity contribution is 6.96. The molecule has 2 aromatic rings. The molecule has 0 unspecified atom stereocenters. The lowest BCUT2D eigenvalue weighted by molar-refractivity contribution is 0.000260. The van der Waals surface area contributed by atoms with Crippen LogP contribution in [0.3, 0.4) is 0 Å². The Morgan fingerprint density at radius 2 is 0.926 bits per heavy atom.